The molecule has 1 aromatic rings. The first-order chi connectivity index (χ1) is 7.43. The average Bonchev–Trinajstić information content (AvgIpc) is 2.74. The van der Waals surface area contributed by atoms with Crippen LogP contribution < -0.4 is 0 Å². The molecule has 0 N–H and O–H groups in total. The third-order valence-electron chi connectivity index (χ3n) is 3.23. The maximum Gasteiger partial charge on any atom is 0.0984 e. The van der Waals surface area contributed by atoms with Crippen molar-refractivity contribution in [3.05, 3.63) is 35.9 Å². The molecule has 0 unspecified atom stereocenters. The molecule has 1 heterocycles. The summed E-state index contributed by atoms with van der Waals surface area (Å²) in [6.45, 7) is 0. The van der Waals surface area contributed by atoms with E-state index >= 15 is 0 Å². The van der Waals surface area contributed by atoms with Gasteiger partial charge in [0.05, 0.1) is 11.1 Å². The number of thioether (sulfide) groups is 1. The molecule has 15 heavy (non-hydrogen) atoms. The van der Waals surface area contributed by atoms with Crippen molar-refractivity contribution < 1.29 is 0 Å². The molecule has 2 atom stereocenters. The molecule has 3 rings (SSSR count). The fourth-order valence-corrected chi connectivity index (χ4v) is 3.80. The van der Waals surface area contributed by atoms with Gasteiger partial charge in [0.1, 0.15) is 0 Å². The Labute approximate surface area is 95.0 Å². The van der Waals surface area contributed by atoms with E-state index in [4.69, 9.17) is 4.99 Å². The molecule has 0 saturated heterocycles. The standard InChI is InChI=1S/C13H15NS/c1-2-6-10(7-3-1)13-14-11-8-4-5-9-12(11)15-13/h1-3,6-7,11-12H,4-5,8-9H2/t11-,12+/m0/s1. The van der Waals surface area contributed by atoms with Crippen molar-refractivity contribution in [3.8, 4) is 0 Å². The minimum Gasteiger partial charge on any atom is -0.273 e. The van der Waals surface area contributed by atoms with Crippen LogP contribution in [0.5, 0.6) is 0 Å². The number of aliphatic imine (C=N–C) groups is 1. The highest BCUT2D eigenvalue weighted by Crippen LogP contribution is 2.38. The second-order valence-electron chi connectivity index (χ2n) is 4.31. The predicted octanol–water partition coefficient (Wildman–Crippen LogP) is 3.49. The summed E-state index contributed by atoms with van der Waals surface area (Å²) in [4.78, 5) is 4.86. The van der Waals surface area contributed by atoms with Crippen molar-refractivity contribution in [1.29, 1.82) is 0 Å². The number of nitrogens with zero attached hydrogens (tertiary/aromatic N) is 1. The Hall–Kier alpha value is -0.760. The number of rotatable bonds is 1. The zero-order valence-electron chi connectivity index (χ0n) is 8.73. The van der Waals surface area contributed by atoms with E-state index in [2.05, 4.69) is 30.3 Å². The Morgan fingerprint density at radius 3 is 2.67 bits per heavy atom. The molecule has 0 amide bonds. The quantitative estimate of drug-likeness (QED) is 0.701. The Morgan fingerprint density at radius 1 is 1.07 bits per heavy atom. The van der Waals surface area contributed by atoms with Crippen molar-refractivity contribution in [2.45, 2.75) is 37.0 Å². The summed E-state index contributed by atoms with van der Waals surface area (Å²) in [7, 11) is 0. The smallest absolute Gasteiger partial charge is 0.0984 e. The normalized spacial score (nSPS) is 29.7. The zero-order chi connectivity index (χ0) is 10.1. The van der Waals surface area contributed by atoms with Crippen LogP contribution in [0.4, 0.5) is 0 Å². The highest BCUT2D eigenvalue weighted by molar-refractivity contribution is 8.15. The predicted molar refractivity (Wildman–Crippen MR) is 66.6 cm³/mol. The van der Waals surface area contributed by atoms with Gasteiger partial charge in [0.15, 0.2) is 0 Å². The summed E-state index contributed by atoms with van der Waals surface area (Å²) >= 11 is 2.00. The molecule has 1 aliphatic heterocycles. The van der Waals surface area contributed by atoms with E-state index in [0.29, 0.717) is 6.04 Å². The Morgan fingerprint density at radius 2 is 1.87 bits per heavy atom. The summed E-state index contributed by atoms with van der Waals surface area (Å²) in [5, 5.41) is 2.04. The minimum absolute atomic E-state index is 0.610. The van der Waals surface area contributed by atoms with Crippen molar-refractivity contribution in [2.24, 2.45) is 4.99 Å². The highest BCUT2D eigenvalue weighted by Gasteiger charge is 2.32. The summed E-state index contributed by atoms with van der Waals surface area (Å²) in [5.74, 6) is 0. The van der Waals surface area contributed by atoms with Gasteiger partial charge in [-0.25, -0.2) is 0 Å². The minimum atomic E-state index is 0.610. The van der Waals surface area contributed by atoms with Crippen molar-refractivity contribution in [2.75, 3.05) is 0 Å². The third kappa shape index (κ3) is 1.83. The highest BCUT2D eigenvalue weighted by atomic mass is 32.2. The molecular formula is C13H15NS. The largest absolute Gasteiger partial charge is 0.273 e. The van der Waals surface area contributed by atoms with E-state index in [1.165, 1.54) is 36.3 Å². The Kier molecular flexibility index (Phi) is 2.53. The maximum atomic E-state index is 4.86. The molecule has 0 radical (unpaired) electrons. The van der Waals surface area contributed by atoms with Crippen LogP contribution in [0.1, 0.15) is 31.2 Å². The van der Waals surface area contributed by atoms with Gasteiger partial charge in [-0.3, -0.25) is 4.99 Å². The molecule has 0 bridgehead atoms. The first-order valence-electron chi connectivity index (χ1n) is 5.73. The van der Waals surface area contributed by atoms with E-state index in [1.807, 2.05) is 11.8 Å². The molecular weight excluding hydrogens is 202 g/mol. The van der Waals surface area contributed by atoms with Gasteiger partial charge in [0.25, 0.3) is 0 Å². The summed E-state index contributed by atoms with van der Waals surface area (Å²) in [5.41, 5.74) is 1.30. The van der Waals surface area contributed by atoms with Crippen LogP contribution in [0, 0.1) is 0 Å². The Balaban J connectivity index is 1.84. The van der Waals surface area contributed by atoms with Crippen LogP contribution >= 0.6 is 11.8 Å². The third-order valence-corrected chi connectivity index (χ3v) is 4.65. The van der Waals surface area contributed by atoms with Crippen LogP contribution in [-0.4, -0.2) is 16.3 Å². The van der Waals surface area contributed by atoms with E-state index in [1.54, 1.807) is 0 Å². The van der Waals surface area contributed by atoms with Crippen LogP contribution in [-0.2, 0) is 0 Å². The van der Waals surface area contributed by atoms with Crippen LogP contribution in [0.15, 0.2) is 35.3 Å². The maximum absolute atomic E-state index is 4.86. The summed E-state index contributed by atoms with van der Waals surface area (Å²) < 4.78 is 0. The second-order valence-corrected chi connectivity index (χ2v) is 5.54. The van der Waals surface area contributed by atoms with Gasteiger partial charge >= 0.3 is 0 Å². The van der Waals surface area contributed by atoms with Crippen LogP contribution in [0.2, 0.25) is 0 Å². The van der Waals surface area contributed by atoms with E-state index < -0.39 is 0 Å². The van der Waals surface area contributed by atoms with Crippen molar-refractivity contribution >= 4 is 16.8 Å². The number of hydrogen-bond acceptors (Lipinski definition) is 2. The molecule has 1 fully saturated rings. The molecule has 78 valence electrons. The summed E-state index contributed by atoms with van der Waals surface area (Å²) in [6, 6.07) is 11.2. The lowest BCUT2D eigenvalue weighted by molar-refractivity contribution is 0.462. The molecule has 1 saturated carbocycles. The monoisotopic (exact) mass is 217 g/mol. The van der Waals surface area contributed by atoms with Gasteiger partial charge in [-0.2, -0.15) is 0 Å². The molecule has 0 aromatic heterocycles. The Bertz CT molecular complexity index is 371. The molecule has 0 spiro atoms. The van der Waals surface area contributed by atoms with E-state index in [0.717, 1.165) is 5.25 Å². The lowest BCUT2D eigenvalue weighted by atomic mass is 9.95. The topological polar surface area (TPSA) is 12.4 Å². The zero-order valence-corrected chi connectivity index (χ0v) is 9.54. The molecule has 1 aliphatic carbocycles. The fourth-order valence-electron chi connectivity index (χ4n) is 2.41. The number of fused-ring (bicyclic) bond motifs is 1. The average molecular weight is 217 g/mol. The van der Waals surface area contributed by atoms with Crippen LogP contribution in [0.3, 0.4) is 0 Å². The van der Waals surface area contributed by atoms with Gasteiger partial charge < -0.3 is 0 Å². The van der Waals surface area contributed by atoms with Gasteiger partial charge in [-0.1, -0.05) is 43.2 Å². The molecule has 2 heteroatoms. The number of hydrogen-bond donors (Lipinski definition) is 0. The lowest BCUT2D eigenvalue weighted by Gasteiger charge is -2.21. The second kappa shape index (κ2) is 4.01. The van der Waals surface area contributed by atoms with Gasteiger partial charge in [0.2, 0.25) is 0 Å². The van der Waals surface area contributed by atoms with Gasteiger partial charge in [-0.05, 0) is 12.8 Å². The first kappa shape index (κ1) is 9.46. The van der Waals surface area contributed by atoms with Gasteiger partial charge in [0, 0.05) is 10.8 Å². The van der Waals surface area contributed by atoms with Crippen molar-refractivity contribution in [1.82, 2.24) is 0 Å². The first-order valence-corrected chi connectivity index (χ1v) is 6.61. The summed E-state index contributed by atoms with van der Waals surface area (Å²) in [6.07, 6.45) is 5.42. The van der Waals surface area contributed by atoms with Crippen LogP contribution in [0.25, 0.3) is 0 Å². The SMILES string of the molecule is c1ccc(C2=N[C@H]3CCCC[C@H]3S2)cc1. The van der Waals surface area contributed by atoms with Gasteiger partial charge in [-0.15, -0.1) is 11.8 Å². The van der Waals surface area contributed by atoms with E-state index in [-0.39, 0.29) is 0 Å². The van der Waals surface area contributed by atoms with E-state index in [9.17, 15) is 0 Å². The van der Waals surface area contributed by atoms with Crippen molar-refractivity contribution in [3.63, 3.8) is 0 Å². The lowest BCUT2D eigenvalue weighted by Crippen LogP contribution is -2.21. The molecule has 2 aliphatic rings. The number of benzene rings is 1. The fraction of sp³-hybridized carbons (Fsp3) is 0.462. The molecule has 1 nitrogen and oxygen atoms in total. The molecule has 1 aromatic carbocycles.